The van der Waals surface area contributed by atoms with Crippen molar-refractivity contribution in [2.75, 3.05) is 6.61 Å². The van der Waals surface area contributed by atoms with Gasteiger partial charge in [0.2, 0.25) is 5.44 Å². The summed E-state index contributed by atoms with van der Waals surface area (Å²) in [6, 6.07) is 9.65. The third kappa shape index (κ3) is 5.23. The zero-order chi connectivity index (χ0) is 13.4. The summed E-state index contributed by atoms with van der Waals surface area (Å²) < 4.78 is 9.79. The standard InChI is InChI=1S/C13H16O4S/c1-3-16-12(15)13(17-10(2)14)18-9-11-7-5-4-6-8-11/h4-8,13H,3,9H2,1-2H3. The van der Waals surface area contributed by atoms with Gasteiger partial charge >= 0.3 is 11.9 Å². The topological polar surface area (TPSA) is 52.6 Å². The maximum absolute atomic E-state index is 11.6. The van der Waals surface area contributed by atoms with Gasteiger partial charge in [0.15, 0.2) is 0 Å². The van der Waals surface area contributed by atoms with Gasteiger partial charge < -0.3 is 9.47 Å². The maximum Gasteiger partial charge on any atom is 0.358 e. The third-order valence-corrected chi connectivity index (χ3v) is 3.09. The van der Waals surface area contributed by atoms with Crippen molar-refractivity contribution in [3.05, 3.63) is 35.9 Å². The molecule has 1 atom stereocenters. The zero-order valence-corrected chi connectivity index (χ0v) is 11.2. The Hall–Kier alpha value is -1.49. The van der Waals surface area contributed by atoms with Crippen molar-refractivity contribution in [3.8, 4) is 0 Å². The Bertz CT molecular complexity index is 391. The molecule has 0 spiro atoms. The number of ether oxygens (including phenoxy) is 2. The predicted octanol–water partition coefficient (Wildman–Crippen LogP) is 2.37. The molecule has 5 heteroatoms. The van der Waals surface area contributed by atoms with Gasteiger partial charge in [-0.05, 0) is 12.5 Å². The van der Waals surface area contributed by atoms with Crippen LogP contribution in [0.1, 0.15) is 19.4 Å². The average molecular weight is 268 g/mol. The first kappa shape index (κ1) is 14.6. The van der Waals surface area contributed by atoms with E-state index in [1.54, 1.807) is 6.92 Å². The number of hydrogen-bond acceptors (Lipinski definition) is 5. The number of carbonyl (C=O) groups excluding carboxylic acids is 2. The molecular formula is C13H16O4S. The van der Waals surface area contributed by atoms with Crippen LogP contribution in [-0.4, -0.2) is 24.0 Å². The molecule has 4 nitrogen and oxygen atoms in total. The molecule has 0 aliphatic carbocycles. The van der Waals surface area contributed by atoms with Crippen LogP contribution in [-0.2, 0) is 24.8 Å². The lowest BCUT2D eigenvalue weighted by Gasteiger charge is -2.14. The Morgan fingerprint density at radius 1 is 1.28 bits per heavy atom. The highest BCUT2D eigenvalue weighted by atomic mass is 32.2. The Kier molecular flexibility index (Phi) is 6.28. The summed E-state index contributed by atoms with van der Waals surface area (Å²) in [7, 11) is 0. The summed E-state index contributed by atoms with van der Waals surface area (Å²) in [6.45, 7) is 3.25. The highest BCUT2D eigenvalue weighted by Crippen LogP contribution is 2.20. The Labute approximate surface area is 111 Å². The van der Waals surface area contributed by atoms with Crippen LogP contribution in [0.25, 0.3) is 0 Å². The quantitative estimate of drug-likeness (QED) is 0.585. The van der Waals surface area contributed by atoms with Crippen molar-refractivity contribution in [1.29, 1.82) is 0 Å². The molecule has 0 saturated carbocycles. The van der Waals surface area contributed by atoms with Crippen LogP contribution in [0.15, 0.2) is 30.3 Å². The Morgan fingerprint density at radius 3 is 2.50 bits per heavy atom. The molecule has 1 rings (SSSR count). The summed E-state index contributed by atoms with van der Waals surface area (Å²) in [4.78, 5) is 22.5. The fourth-order valence-electron chi connectivity index (χ4n) is 1.26. The van der Waals surface area contributed by atoms with E-state index in [1.807, 2.05) is 30.3 Å². The lowest BCUT2D eigenvalue weighted by Crippen LogP contribution is -2.25. The van der Waals surface area contributed by atoms with E-state index < -0.39 is 17.4 Å². The van der Waals surface area contributed by atoms with E-state index in [0.717, 1.165) is 5.56 Å². The van der Waals surface area contributed by atoms with E-state index in [2.05, 4.69) is 0 Å². The summed E-state index contributed by atoms with van der Waals surface area (Å²) >= 11 is 1.23. The molecule has 1 aromatic rings. The minimum absolute atomic E-state index is 0.266. The molecule has 0 radical (unpaired) electrons. The third-order valence-electron chi connectivity index (χ3n) is 2.00. The van der Waals surface area contributed by atoms with E-state index in [-0.39, 0.29) is 6.61 Å². The molecule has 0 saturated heterocycles. The minimum atomic E-state index is -0.900. The molecule has 0 aliphatic heterocycles. The van der Waals surface area contributed by atoms with Gasteiger partial charge in [-0.25, -0.2) is 4.79 Å². The number of rotatable bonds is 6. The number of esters is 2. The van der Waals surface area contributed by atoms with Crippen LogP contribution in [0.2, 0.25) is 0 Å². The molecule has 0 amide bonds. The summed E-state index contributed by atoms with van der Waals surface area (Å²) in [5, 5.41) is 0. The van der Waals surface area contributed by atoms with Gasteiger partial charge in [-0.2, -0.15) is 0 Å². The predicted molar refractivity (Wildman–Crippen MR) is 69.9 cm³/mol. The molecule has 18 heavy (non-hydrogen) atoms. The van der Waals surface area contributed by atoms with Crippen LogP contribution >= 0.6 is 11.8 Å². The van der Waals surface area contributed by atoms with Crippen molar-refractivity contribution in [2.24, 2.45) is 0 Å². The first-order valence-electron chi connectivity index (χ1n) is 5.63. The highest BCUT2D eigenvalue weighted by Gasteiger charge is 2.23. The molecule has 0 aliphatic rings. The van der Waals surface area contributed by atoms with Crippen LogP contribution in [0, 0.1) is 0 Å². The van der Waals surface area contributed by atoms with Crippen molar-refractivity contribution < 1.29 is 19.1 Å². The highest BCUT2D eigenvalue weighted by molar-refractivity contribution is 7.99. The van der Waals surface area contributed by atoms with Crippen LogP contribution in [0.5, 0.6) is 0 Å². The largest absolute Gasteiger partial charge is 0.463 e. The SMILES string of the molecule is CCOC(=O)C(OC(C)=O)SCc1ccccc1. The summed E-state index contributed by atoms with van der Waals surface area (Å²) in [5.74, 6) is -0.431. The average Bonchev–Trinajstić information content (AvgIpc) is 2.35. The van der Waals surface area contributed by atoms with E-state index in [1.165, 1.54) is 18.7 Å². The van der Waals surface area contributed by atoms with Crippen molar-refractivity contribution >= 4 is 23.7 Å². The molecule has 0 aromatic heterocycles. The molecule has 1 unspecified atom stereocenters. The number of benzene rings is 1. The Balaban J connectivity index is 2.55. The molecule has 0 bridgehead atoms. The number of hydrogen-bond donors (Lipinski definition) is 0. The lowest BCUT2D eigenvalue weighted by atomic mass is 10.2. The van der Waals surface area contributed by atoms with Crippen LogP contribution in [0.3, 0.4) is 0 Å². The van der Waals surface area contributed by atoms with E-state index in [4.69, 9.17) is 9.47 Å². The molecule has 98 valence electrons. The molecule has 0 N–H and O–H groups in total. The van der Waals surface area contributed by atoms with E-state index in [0.29, 0.717) is 5.75 Å². The monoisotopic (exact) mass is 268 g/mol. The van der Waals surface area contributed by atoms with Gasteiger partial charge in [0.05, 0.1) is 6.61 Å². The Morgan fingerprint density at radius 2 is 1.94 bits per heavy atom. The smallest absolute Gasteiger partial charge is 0.358 e. The van der Waals surface area contributed by atoms with E-state index >= 15 is 0 Å². The molecule has 0 fully saturated rings. The fraction of sp³-hybridized carbons (Fsp3) is 0.385. The van der Waals surface area contributed by atoms with Crippen LogP contribution in [0.4, 0.5) is 0 Å². The van der Waals surface area contributed by atoms with Gasteiger partial charge in [-0.15, -0.1) is 11.8 Å². The van der Waals surface area contributed by atoms with E-state index in [9.17, 15) is 9.59 Å². The van der Waals surface area contributed by atoms with Gasteiger partial charge in [-0.3, -0.25) is 4.79 Å². The summed E-state index contributed by atoms with van der Waals surface area (Å²) in [6.07, 6.45) is 0. The first-order valence-corrected chi connectivity index (χ1v) is 6.67. The van der Waals surface area contributed by atoms with Crippen molar-refractivity contribution in [1.82, 2.24) is 0 Å². The molecule has 1 aromatic carbocycles. The van der Waals surface area contributed by atoms with Gasteiger partial charge in [0.1, 0.15) is 0 Å². The first-order chi connectivity index (χ1) is 8.63. The lowest BCUT2D eigenvalue weighted by molar-refractivity contribution is -0.159. The summed E-state index contributed by atoms with van der Waals surface area (Å²) in [5.41, 5.74) is 0.159. The van der Waals surface area contributed by atoms with Crippen LogP contribution < -0.4 is 0 Å². The van der Waals surface area contributed by atoms with Gasteiger partial charge in [0, 0.05) is 12.7 Å². The normalized spacial score (nSPS) is 11.7. The number of thioether (sulfide) groups is 1. The number of carbonyl (C=O) groups is 2. The second-order valence-corrected chi connectivity index (χ2v) is 4.54. The minimum Gasteiger partial charge on any atom is -0.463 e. The second-order valence-electron chi connectivity index (χ2n) is 3.49. The zero-order valence-electron chi connectivity index (χ0n) is 10.4. The maximum atomic E-state index is 11.6. The van der Waals surface area contributed by atoms with Crippen molar-refractivity contribution in [2.45, 2.75) is 25.0 Å². The van der Waals surface area contributed by atoms with Gasteiger partial charge in [-0.1, -0.05) is 30.3 Å². The van der Waals surface area contributed by atoms with Gasteiger partial charge in [0.25, 0.3) is 0 Å². The fourth-order valence-corrected chi connectivity index (χ4v) is 2.20. The second kappa shape index (κ2) is 7.76. The van der Waals surface area contributed by atoms with Crippen molar-refractivity contribution in [3.63, 3.8) is 0 Å². The molecular weight excluding hydrogens is 252 g/mol. The molecule has 0 heterocycles.